The van der Waals surface area contributed by atoms with Crippen molar-refractivity contribution >= 4 is 23.9 Å². The van der Waals surface area contributed by atoms with Gasteiger partial charge in [-0.2, -0.15) is 0 Å². The molecule has 288 valence electrons. The highest BCUT2D eigenvalue weighted by Crippen LogP contribution is 2.34. The van der Waals surface area contributed by atoms with E-state index in [1.54, 1.807) is 13.8 Å². The first-order valence-electron chi connectivity index (χ1n) is 17.5. The quantitative estimate of drug-likeness (QED) is 0.0796. The number of carboxylic acids is 4. The number of nitrogens with two attached hydrogens (primary N) is 2. The Morgan fingerprint density at radius 1 is 0.574 bits per heavy atom. The number of aromatic carboxylic acids is 2. The van der Waals surface area contributed by atoms with Gasteiger partial charge in [0.25, 0.3) is 0 Å². The molecule has 0 fully saturated rings. The molecule has 4 aromatic rings. The molecular weight excluding hydrogens is 688 g/mol. The summed E-state index contributed by atoms with van der Waals surface area (Å²) in [6.07, 6.45) is 2.68. The highest BCUT2D eigenvalue weighted by molar-refractivity contribution is 5.99. The zero-order chi connectivity index (χ0) is 40.9. The van der Waals surface area contributed by atoms with Crippen molar-refractivity contribution < 1.29 is 39.6 Å². The molecule has 0 aliphatic heterocycles. The molecule has 4 rings (SSSR count). The van der Waals surface area contributed by atoms with Crippen LogP contribution in [0.1, 0.15) is 93.4 Å². The molecular formula is C42H52N4O8. The van der Waals surface area contributed by atoms with Crippen molar-refractivity contribution in [1.29, 1.82) is 0 Å². The maximum absolute atomic E-state index is 11.8. The van der Waals surface area contributed by atoms with Gasteiger partial charge < -0.3 is 31.9 Å². The number of pyridine rings is 2. The lowest BCUT2D eigenvalue weighted by Gasteiger charge is -2.19. The number of hydrogen-bond donors (Lipinski definition) is 6. The van der Waals surface area contributed by atoms with Gasteiger partial charge in [-0.15, -0.1) is 0 Å². The molecule has 2 heterocycles. The lowest BCUT2D eigenvalue weighted by Crippen LogP contribution is -2.15. The van der Waals surface area contributed by atoms with Crippen LogP contribution >= 0.6 is 0 Å². The van der Waals surface area contributed by atoms with Crippen LogP contribution in [0.25, 0.3) is 22.3 Å². The van der Waals surface area contributed by atoms with Gasteiger partial charge in [0.1, 0.15) is 0 Å². The number of carboxylic acid groups (broad SMARTS) is 4. The van der Waals surface area contributed by atoms with E-state index in [0.29, 0.717) is 46.5 Å². The summed E-state index contributed by atoms with van der Waals surface area (Å²) in [4.78, 5) is 51.8. The standard InChI is InChI=1S/2C19H24N2O2.C4H4O4/c2*1-11(2)9-16-15(10-20)18(14-7-5-12(3)6-8-14)17(19(22)23)13(4)21-16;5-3(6)1-2-4(7)8/h2*5-8,11H,9-10,20H2,1-4H3,(H,22,23);1-2H,(H,5,6)(H,7,8). The van der Waals surface area contributed by atoms with Crippen LogP contribution in [0.2, 0.25) is 0 Å². The topological polar surface area (TPSA) is 227 Å². The van der Waals surface area contributed by atoms with Crippen LogP contribution in [0, 0.1) is 39.5 Å². The van der Waals surface area contributed by atoms with E-state index in [2.05, 4.69) is 37.7 Å². The van der Waals surface area contributed by atoms with E-state index in [1.807, 2.05) is 62.4 Å². The molecule has 0 spiro atoms. The number of rotatable bonds is 12. The predicted molar refractivity (Wildman–Crippen MR) is 209 cm³/mol. The van der Waals surface area contributed by atoms with Gasteiger partial charge in [0.05, 0.1) is 22.5 Å². The summed E-state index contributed by atoms with van der Waals surface area (Å²) in [6, 6.07) is 15.8. The maximum Gasteiger partial charge on any atom is 0.338 e. The van der Waals surface area contributed by atoms with Crippen molar-refractivity contribution in [2.75, 3.05) is 0 Å². The second kappa shape index (κ2) is 20.5. The van der Waals surface area contributed by atoms with Gasteiger partial charge >= 0.3 is 23.9 Å². The van der Waals surface area contributed by atoms with Gasteiger partial charge in [-0.3, -0.25) is 9.97 Å². The van der Waals surface area contributed by atoms with Crippen molar-refractivity contribution in [3.63, 3.8) is 0 Å². The lowest BCUT2D eigenvalue weighted by atomic mass is 9.90. The average molecular weight is 741 g/mol. The van der Waals surface area contributed by atoms with E-state index < -0.39 is 23.9 Å². The zero-order valence-corrected chi connectivity index (χ0v) is 32.2. The Bertz CT molecular complexity index is 1840. The van der Waals surface area contributed by atoms with Crippen LogP contribution < -0.4 is 11.5 Å². The van der Waals surface area contributed by atoms with Crippen molar-refractivity contribution in [2.45, 2.75) is 81.3 Å². The van der Waals surface area contributed by atoms with Crippen LogP contribution in [0.15, 0.2) is 60.7 Å². The fraction of sp³-hybridized carbons (Fsp3) is 0.333. The number of carbonyl (C=O) groups is 4. The predicted octanol–water partition coefficient (Wildman–Crippen LogP) is 7.15. The maximum atomic E-state index is 11.8. The largest absolute Gasteiger partial charge is 0.478 e. The second-order valence-corrected chi connectivity index (χ2v) is 13.7. The van der Waals surface area contributed by atoms with E-state index >= 15 is 0 Å². The molecule has 2 aromatic heterocycles. The Labute approximate surface area is 316 Å². The van der Waals surface area contributed by atoms with Gasteiger partial charge in [-0.05, 0) is 74.6 Å². The molecule has 0 unspecified atom stereocenters. The highest BCUT2D eigenvalue weighted by atomic mass is 16.4. The number of nitrogens with zero attached hydrogens (tertiary/aromatic N) is 2. The molecule has 0 saturated carbocycles. The molecule has 8 N–H and O–H groups in total. The number of benzene rings is 2. The van der Waals surface area contributed by atoms with Crippen LogP contribution in [-0.4, -0.2) is 54.3 Å². The Hall–Kier alpha value is -5.72. The van der Waals surface area contributed by atoms with Gasteiger partial charge in [-0.1, -0.05) is 87.4 Å². The first kappa shape index (κ1) is 44.4. The third-order valence-electron chi connectivity index (χ3n) is 8.22. The van der Waals surface area contributed by atoms with Crippen molar-refractivity contribution in [3.8, 4) is 22.3 Å². The fourth-order valence-electron chi connectivity index (χ4n) is 5.90. The number of hydrogen-bond acceptors (Lipinski definition) is 8. The molecule has 54 heavy (non-hydrogen) atoms. The Kier molecular flexibility index (Phi) is 16.9. The Morgan fingerprint density at radius 3 is 1.09 bits per heavy atom. The van der Waals surface area contributed by atoms with Gasteiger partial charge in [0.15, 0.2) is 0 Å². The fourth-order valence-corrected chi connectivity index (χ4v) is 5.90. The van der Waals surface area contributed by atoms with Gasteiger partial charge in [-0.25, -0.2) is 19.2 Å². The van der Waals surface area contributed by atoms with Crippen LogP contribution in [0.5, 0.6) is 0 Å². The highest BCUT2D eigenvalue weighted by Gasteiger charge is 2.24. The van der Waals surface area contributed by atoms with E-state index in [1.165, 1.54) is 0 Å². The molecule has 0 aliphatic rings. The molecule has 0 bridgehead atoms. The molecule has 0 aliphatic carbocycles. The molecule has 0 saturated heterocycles. The molecule has 0 atom stereocenters. The summed E-state index contributed by atoms with van der Waals surface area (Å²) in [5, 5.41) is 35.0. The summed E-state index contributed by atoms with van der Waals surface area (Å²) in [7, 11) is 0. The van der Waals surface area contributed by atoms with E-state index in [-0.39, 0.29) is 24.2 Å². The first-order valence-corrected chi connectivity index (χ1v) is 17.5. The molecule has 12 nitrogen and oxygen atoms in total. The number of aromatic nitrogens is 2. The third-order valence-corrected chi connectivity index (χ3v) is 8.22. The van der Waals surface area contributed by atoms with E-state index in [4.69, 9.17) is 21.7 Å². The Balaban J connectivity index is 0.000000312. The van der Waals surface area contributed by atoms with Crippen molar-refractivity contribution in [2.24, 2.45) is 23.3 Å². The monoisotopic (exact) mass is 740 g/mol. The minimum absolute atomic E-state index is 0.252. The Morgan fingerprint density at radius 2 is 0.870 bits per heavy atom. The zero-order valence-electron chi connectivity index (χ0n) is 32.2. The normalized spacial score (nSPS) is 10.8. The number of aryl methyl sites for hydroxylation is 4. The summed E-state index contributed by atoms with van der Waals surface area (Å²) in [6.45, 7) is 16.6. The first-order chi connectivity index (χ1) is 25.3. The van der Waals surface area contributed by atoms with Crippen LogP contribution in [0.4, 0.5) is 0 Å². The SMILES string of the molecule is Cc1ccc(-c2c(CN)c(CC(C)C)nc(C)c2C(=O)O)cc1.Cc1ccc(-c2c(CN)c(CC(C)C)nc(C)c2C(=O)O)cc1.O=C(O)C=CC(=O)O. The lowest BCUT2D eigenvalue weighted by molar-refractivity contribution is -0.134. The molecule has 0 radical (unpaired) electrons. The summed E-state index contributed by atoms with van der Waals surface area (Å²) >= 11 is 0. The van der Waals surface area contributed by atoms with Crippen LogP contribution in [0.3, 0.4) is 0 Å². The average Bonchev–Trinajstić information content (AvgIpc) is 3.07. The third kappa shape index (κ3) is 12.5. The van der Waals surface area contributed by atoms with E-state index in [9.17, 15) is 29.4 Å². The van der Waals surface area contributed by atoms with E-state index in [0.717, 1.165) is 57.6 Å². The molecule has 0 amide bonds. The minimum atomic E-state index is -1.26. The van der Waals surface area contributed by atoms with Gasteiger partial charge in [0.2, 0.25) is 0 Å². The van der Waals surface area contributed by atoms with Crippen LogP contribution in [-0.2, 0) is 35.5 Å². The molecule has 12 heteroatoms. The summed E-state index contributed by atoms with van der Waals surface area (Å²) in [5.74, 6) is -3.59. The number of aliphatic carboxylic acids is 2. The summed E-state index contributed by atoms with van der Waals surface area (Å²) < 4.78 is 0. The van der Waals surface area contributed by atoms with Crippen molar-refractivity contribution in [1.82, 2.24) is 9.97 Å². The second-order valence-electron chi connectivity index (χ2n) is 13.7. The smallest absolute Gasteiger partial charge is 0.338 e. The minimum Gasteiger partial charge on any atom is -0.478 e. The van der Waals surface area contributed by atoms with Gasteiger partial charge in [0, 0.05) is 47.8 Å². The summed E-state index contributed by atoms with van der Waals surface area (Å²) in [5.41, 5.74) is 22.5. The van der Waals surface area contributed by atoms with Crippen molar-refractivity contribution in [3.05, 3.63) is 117 Å². The molecule has 2 aromatic carbocycles.